The fourth-order valence-corrected chi connectivity index (χ4v) is 2.84. The molecule has 3 aromatic rings. The summed E-state index contributed by atoms with van der Waals surface area (Å²) >= 11 is 0. The second-order valence-electron chi connectivity index (χ2n) is 6.55. The van der Waals surface area contributed by atoms with Crippen molar-refractivity contribution in [1.82, 2.24) is 9.55 Å². The number of benzene rings is 2. The van der Waals surface area contributed by atoms with E-state index in [1.165, 1.54) is 24.3 Å². The highest BCUT2D eigenvalue weighted by atomic mass is 19.4. The number of ether oxygens (including phenoxy) is 1. The highest BCUT2D eigenvalue weighted by Crippen LogP contribution is 2.31. The van der Waals surface area contributed by atoms with Gasteiger partial charge in [0.2, 0.25) is 11.6 Å². The Kier molecular flexibility index (Phi) is 6.09. The Morgan fingerprint density at radius 3 is 2.59 bits per heavy atom. The third-order valence-electron chi connectivity index (χ3n) is 4.28. The summed E-state index contributed by atoms with van der Waals surface area (Å²) in [4.78, 5) is 37.7. The normalized spacial score (nSPS) is 12.4. The van der Waals surface area contributed by atoms with Crippen molar-refractivity contribution in [2.75, 3.05) is 5.32 Å². The number of para-hydroxylation sites is 2. The van der Waals surface area contributed by atoms with E-state index >= 15 is 0 Å². The van der Waals surface area contributed by atoms with Gasteiger partial charge in [0.05, 0.1) is 16.0 Å². The smallest absolute Gasteiger partial charge is 0.449 e. The van der Waals surface area contributed by atoms with Gasteiger partial charge in [-0.15, -0.1) is 0 Å². The van der Waals surface area contributed by atoms with Crippen molar-refractivity contribution >= 4 is 34.3 Å². The number of fused-ring (bicyclic) bond motifs is 1. The number of hydrogen-bond acceptors (Lipinski definition) is 6. The molecule has 13 heteroatoms. The van der Waals surface area contributed by atoms with E-state index < -0.39 is 53.0 Å². The van der Waals surface area contributed by atoms with Crippen molar-refractivity contribution in [3.05, 3.63) is 64.2 Å². The van der Waals surface area contributed by atoms with Gasteiger partial charge in [0.25, 0.3) is 5.91 Å². The molecule has 1 heterocycles. The molecule has 0 aliphatic carbocycles. The summed E-state index contributed by atoms with van der Waals surface area (Å²) in [6, 6.07) is 8.27. The maximum Gasteiger partial charge on any atom is 0.449 e. The van der Waals surface area contributed by atoms with Gasteiger partial charge in [-0.25, -0.2) is 4.98 Å². The summed E-state index contributed by atoms with van der Waals surface area (Å²) in [5.41, 5.74) is -0.936. The molecular formula is C19H14F4N4O5. The molecule has 168 valence electrons. The van der Waals surface area contributed by atoms with E-state index in [0.29, 0.717) is 4.57 Å². The van der Waals surface area contributed by atoms with Gasteiger partial charge < -0.3 is 14.6 Å². The van der Waals surface area contributed by atoms with E-state index in [-0.39, 0.29) is 16.7 Å². The highest BCUT2D eigenvalue weighted by Gasteiger charge is 2.38. The molecule has 0 saturated carbocycles. The zero-order valence-electron chi connectivity index (χ0n) is 16.2. The number of hydrogen-bond donors (Lipinski definition) is 1. The predicted molar refractivity (Wildman–Crippen MR) is 102 cm³/mol. The minimum Gasteiger partial charge on any atom is -0.451 e. The monoisotopic (exact) mass is 454 g/mol. The maximum absolute atomic E-state index is 13.4. The van der Waals surface area contributed by atoms with Crippen LogP contribution in [0.1, 0.15) is 12.7 Å². The van der Waals surface area contributed by atoms with Crippen LogP contribution >= 0.6 is 0 Å². The largest absolute Gasteiger partial charge is 0.451 e. The van der Waals surface area contributed by atoms with Gasteiger partial charge >= 0.3 is 17.8 Å². The number of nitrogens with one attached hydrogen (secondary N) is 1. The summed E-state index contributed by atoms with van der Waals surface area (Å²) in [6.45, 7) is 0.289. The molecule has 9 nitrogen and oxygen atoms in total. The minimum atomic E-state index is -4.83. The number of aromatic nitrogens is 2. The highest BCUT2D eigenvalue weighted by molar-refractivity contribution is 5.95. The van der Waals surface area contributed by atoms with Crippen LogP contribution in [0.15, 0.2) is 42.5 Å². The van der Waals surface area contributed by atoms with Crippen LogP contribution in [-0.2, 0) is 27.0 Å². The van der Waals surface area contributed by atoms with Crippen molar-refractivity contribution in [1.29, 1.82) is 0 Å². The molecule has 0 radical (unpaired) electrons. The number of carbonyl (C=O) groups is 2. The first-order valence-corrected chi connectivity index (χ1v) is 8.94. The fraction of sp³-hybridized carbons (Fsp3) is 0.211. The number of esters is 1. The lowest BCUT2D eigenvalue weighted by atomic mass is 10.2. The van der Waals surface area contributed by atoms with E-state index in [9.17, 15) is 37.3 Å². The zero-order chi connectivity index (χ0) is 23.6. The summed E-state index contributed by atoms with van der Waals surface area (Å²) in [7, 11) is 0. The molecular weight excluding hydrogens is 440 g/mol. The van der Waals surface area contributed by atoms with Gasteiger partial charge in [0.1, 0.15) is 6.54 Å². The molecule has 1 atom stereocenters. The number of alkyl halides is 3. The van der Waals surface area contributed by atoms with Gasteiger partial charge in [-0.05, 0) is 31.2 Å². The molecule has 0 fully saturated rings. The van der Waals surface area contributed by atoms with E-state index in [2.05, 4.69) is 10.3 Å². The average Bonchev–Trinajstić information content (AvgIpc) is 3.08. The van der Waals surface area contributed by atoms with E-state index in [1.807, 2.05) is 0 Å². The molecule has 2 aromatic carbocycles. The first-order valence-electron chi connectivity index (χ1n) is 8.94. The molecule has 0 unspecified atom stereocenters. The van der Waals surface area contributed by atoms with Crippen molar-refractivity contribution in [3.8, 4) is 0 Å². The van der Waals surface area contributed by atoms with Crippen LogP contribution < -0.4 is 5.32 Å². The third-order valence-corrected chi connectivity index (χ3v) is 4.28. The van der Waals surface area contributed by atoms with E-state index in [4.69, 9.17) is 4.74 Å². The summed E-state index contributed by atoms with van der Waals surface area (Å²) < 4.78 is 58.9. The Morgan fingerprint density at radius 1 is 1.25 bits per heavy atom. The van der Waals surface area contributed by atoms with Gasteiger partial charge in [-0.2, -0.15) is 17.6 Å². The molecule has 1 aromatic heterocycles. The number of nitrogens with zero attached hydrogens (tertiary/aromatic N) is 3. The standard InChI is InChI=1S/C19H14F4N4O5/c1-10(17(29)24-11-6-7-12(20)15(8-11)27(30)31)32-16(28)9-26-14-5-3-2-4-13(14)25-18(26)19(21,22)23/h2-8,10H,9H2,1H3,(H,24,29)/t10-/m1/s1. The van der Waals surface area contributed by atoms with Gasteiger partial charge in [0, 0.05) is 11.8 Å². The van der Waals surface area contributed by atoms with Crippen LogP contribution in [0.5, 0.6) is 0 Å². The average molecular weight is 454 g/mol. The Balaban J connectivity index is 1.72. The van der Waals surface area contributed by atoms with E-state index in [0.717, 1.165) is 25.1 Å². The molecule has 0 aliphatic rings. The SMILES string of the molecule is C[C@@H](OC(=O)Cn1c(C(F)(F)F)nc2ccccc21)C(=O)Nc1ccc(F)c([N+](=O)[O-])c1. The summed E-state index contributed by atoms with van der Waals surface area (Å²) in [5, 5.41) is 13.0. The molecule has 0 aliphatic heterocycles. The van der Waals surface area contributed by atoms with Crippen LogP contribution in [0.25, 0.3) is 11.0 Å². The third kappa shape index (κ3) is 4.82. The second-order valence-corrected chi connectivity index (χ2v) is 6.55. The Hall–Kier alpha value is -4.03. The van der Waals surface area contributed by atoms with Gasteiger partial charge in [0.15, 0.2) is 6.10 Å². The van der Waals surface area contributed by atoms with Crippen molar-refractivity contribution in [2.45, 2.75) is 25.7 Å². The number of halogens is 4. The number of rotatable bonds is 6. The number of nitro groups is 1. The first-order chi connectivity index (χ1) is 15.0. The lowest BCUT2D eigenvalue weighted by Crippen LogP contribution is -2.31. The number of carbonyl (C=O) groups excluding carboxylic acids is 2. The van der Waals surface area contributed by atoms with Crippen LogP contribution in [0.3, 0.4) is 0 Å². The predicted octanol–water partition coefficient (Wildman–Crippen LogP) is 3.67. The fourth-order valence-electron chi connectivity index (χ4n) is 2.84. The quantitative estimate of drug-likeness (QED) is 0.263. The first kappa shape index (κ1) is 22.7. The summed E-state index contributed by atoms with van der Waals surface area (Å²) in [6.07, 6.45) is -6.30. The van der Waals surface area contributed by atoms with Gasteiger partial charge in [-0.3, -0.25) is 19.7 Å². The lowest BCUT2D eigenvalue weighted by Gasteiger charge is -2.15. The van der Waals surface area contributed by atoms with Crippen molar-refractivity contribution in [2.24, 2.45) is 0 Å². The molecule has 0 saturated heterocycles. The topological polar surface area (TPSA) is 116 Å². The zero-order valence-corrected chi connectivity index (χ0v) is 16.2. The van der Waals surface area contributed by atoms with E-state index in [1.54, 1.807) is 0 Å². The number of imidazole rings is 1. The van der Waals surface area contributed by atoms with Crippen LogP contribution in [0.2, 0.25) is 0 Å². The Bertz CT molecular complexity index is 1210. The van der Waals surface area contributed by atoms with Crippen molar-refractivity contribution in [3.63, 3.8) is 0 Å². The Labute approximate surface area is 176 Å². The number of anilines is 1. The molecule has 1 N–H and O–H groups in total. The van der Waals surface area contributed by atoms with Crippen molar-refractivity contribution < 1.29 is 36.8 Å². The van der Waals surface area contributed by atoms with Crippen LogP contribution in [0.4, 0.5) is 28.9 Å². The summed E-state index contributed by atoms with van der Waals surface area (Å²) in [5.74, 6) is -4.48. The molecule has 32 heavy (non-hydrogen) atoms. The molecule has 3 rings (SSSR count). The molecule has 0 bridgehead atoms. The van der Waals surface area contributed by atoms with Gasteiger partial charge in [-0.1, -0.05) is 12.1 Å². The number of nitro benzene ring substituents is 1. The Morgan fingerprint density at radius 2 is 1.94 bits per heavy atom. The van der Waals surface area contributed by atoms with Crippen LogP contribution in [-0.4, -0.2) is 32.5 Å². The molecule has 1 amide bonds. The number of amides is 1. The second kappa shape index (κ2) is 8.61. The van der Waals surface area contributed by atoms with Crippen LogP contribution in [0, 0.1) is 15.9 Å². The minimum absolute atomic E-state index is 0.0244. The lowest BCUT2D eigenvalue weighted by molar-refractivity contribution is -0.387. The maximum atomic E-state index is 13.4. The molecule has 0 spiro atoms.